The van der Waals surface area contributed by atoms with Gasteiger partial charge in [-0.1, -0.05) is 23.7 Å². The molecular formula is C17H14ClN5O. The van der Waals surface area contributed by atoms with Gasteiger partial charge in [0.2, 0.25) is 5.88 Å². The van der Waals surface area contributed by atoms with Crippen molar-refractivity contribution >= 4 is 17.2 Å². The highest BCUT2D eigenvalue weighted by Gasteiger charge is 2.09. The zero-order valence-corrected chi connectivity index (χ0v) is 13.4. The summed E-state index contributed by atoms with van der Waals surface area (Å²) in [7, 11) is 0. The molecule has 0 aliphatic heterocycles. The first-order valence-corrected chi connectivity index (χ1v) is 7.88. The van der Waals surface area contributed by atoms with Crippen molar-refractivity contribution in [3.05, 3.63) is 65.6 Å². The fourth-order valence-corrected chi connectivity index (χ4v) is 2.70. The van der Waals surface area contributed by atoms with Gasteiger partial charge in [-0.15, -0.1) is 5.10 Å². The van der Waals surface area contributed by atoms with E-state index >= 15 is 0 Å². The van der Waals surface area contributed by atoms with Crippen LogP contribution >= 0.6 is 11.6 Å². The second-order valence-corrected chi connectivity index (χ2v) is 5.74. The third-order valence-electron chi connectivity index (χ3n) is 3.66. The van der Waals surface area contributed by atoms with Gasteiger partial charge in [0, 0.05) is 29.3 Å². The summed E-state index contributed by atoms with van der Waals surface area (Å²) < 4.78 is 7.52. The van der Waals surface area contributed by atoms with E-state index in [4.69, 9.17) is 16.3 Å². The first-order valence-electron chi connectivity index (χ1n) is 7.51. The van der Waals surface area contributed by atoms with Crippen LogP contribution in [0.25, 0.3) is 16.9 Å². The van der Waals surface area contributed by atoms with Gasteiger partial charge < -0.3 is 4.74 Å². The number of nitrogens with zero attached hydrogens (tertiary/aromatic N) is 4. The lowest BCUT2D eigenvalue weighted by molar-refractivity contribution is 0.305. The van der Waals surface area contributed by atoms with Crippen LogP contribution in [0, 0.1) is 0 Å². The Morgan fingerprint density at radius 3 is 2.96 bits per heavy atom. The molecule has 4 aromatic rings. The Hall–Kier alpha value is -2.86. The van der Waals surface area contributed by atoms with E-state index in [1.165, 1.54) is 0 Å². The van der Waals surface area contributed by atoms with Crippen molar-refractivity contribution in [1.29, 1.82) is 0 Å². The van der Waals surface area contributed by atoms with Gasteiger partial charge in [0.05, 0.1) is 24.7 Å². The van der Waals surface area contributed by atoms with Gasteiger partial charge in [0.25, 0.3) is 0 Å². The molecule has 0 bridgehead atoms. The van der Waals surface area contributed by atoms with Crippen molar-refractivity contribution in [3.8, 4) is 17.1 Å². The summed E-state index contributed by atoms with van der Waals surface area (Å²) in [5, 5.41) is 12.0. The van der Waals surface area contributed by atoms with Gasteiger partial charge in [-0.25, -0.2) is 9.50 Å². The maximum absolute atomic E-state index is 5.99. The van der Waals surface area contributed by atoms with Crippen LogP contribution in [0.4, 0.5) is 0 Å². The number of benzene rings is 1. The predicted octanol–water partition coefficient (Wildman–Crippen LogP) is 3.39. The van der Waals surface area contributed by atoms with Gasteiger partial charge in [-0.3, -0.25) is 5.10 Å². The summed E-state index contributed by atoms with van der Waals surface area (Å²) >= 11 is 5.99. The summed E-state index contributed by atoms with van der Waals surface area (Å²) in [6, 6.07) is 11.5. The topological polar surface area (TPSA) is 68.1 Å². The maximum Gasteiger partial charge on any atom is 0.231 e. The molecular weight excluding hydrogens is 326 g/mol. The SMILES string of the molecule is Clc1cccc(CCOc2ccc3ncc(-c4cn[nH]c4)n3n2)c1. The molecule has 0 aliphatic carbocycles. The number of hydrogen-bond acceptors (Lipinski definition) is 4. The van der Waals surface area contributed by atoms with Crippen molar-refractivity contribution in [3.63, 3.8) is 0 Å². The van der Waals surface area contributed by atoms with Crippen molar-refractivity contribution in [1.82, 2.24) is 24.8 Å². The highest BCUT2D eigenvalue weighted by atomic mass is 35.5. The molecule has 0 radical (unpaired) electrons. The highest BCUT2D eigenvalue weighted by molar-refractivity contribution is 6.30. The smallest absolute Gasteiger partial charge is 0.231 e. The Morgan fingerprint density at radius 2 is 2.12 bits per heavy atom. The van der Waals surface area contributed by atoms with Crippen LogP contribution < -0.4 is 4.74 Å². The standard InChI is InChI=1S/C17H14ClN5O/c18-14-3-1-2-12(8-14)6-7-24-17-5-4-16-19-11-15(23(16)22-17)13-9-20-21-10-13/h1-5,8-11H,6-7H2,(H,20,21). The highest BCUT2D eigenvalue weighted by Crippen LogP contribution is 2.20. The Labute approximate surface area is 143 Å². The maximum atomic E-state index is 5.99. The molecule has 0 atom stereocenters. The Bertz CT molecular complexity index is 964. The molecule has 0 unspecified atom stereocenters. The minimum absolute atomic E-state index is 0.522. The molecule has 120 valence electrons. The molecule has 3 aromatic heterocycles. The lowest BCUT2D eigenvalue weighted by atomic mass is 10.2. The monoisotopic (exact) mass is 339 g/mol. The molecule has 0 saturated carbocycles. The van der Waals surface area contributed by atoms with Crippen LogP contribution in [0.5, 0.6) is 5.88 Å². The lowest BCUT2D eigenvalue weighted by Crippen LogP contribution is -2.05. The number of aromatic amines is 1. The molecule has 0 fully saturated rings. The first kappa shape index (κ1) is 14.7. The molecule has 0 aliphatic rings. The summed E-state index contributed by atoms with van der Waals surface area (Å²) in [6.45, 7) is 0.522. The van der Waals surface area contributed by atoms with E-state index in [-0.39, 0.29) is 0 Å². The molecule has 0 saturated heterocycles. The average Bonchev–Trinajstić information content (AvgIpc) is 3.23. The quantitative estimate of drug-likeness (QED) is 0.605. The second-order valence-electron chi connectivity index (χ2n) is 5.30. The van der Waals surface area contributed by atoms with Gasteiger partial charge in [0.1, 0.15) is 0 Å². The van der Waals surface area contributed by atoms with Crippen LogP contribution in [0.1, 0.15) is 5.56 Å². The van der Waals surface area contributed by atoms with Crippen molar-refractivity contribution in [2.45, 2.75) is 6.42 Å². The van der Waals surface area contributed by atoms with Gasteiger partial charge in [-0.2, -0.15) is 5.10 Å². The number of fused-ring (bicyclic) bond motifs is 1. The molecule has 1 aromatic carbocycles. The minimum Gasteiger partial charge on any atom is -0.476 e. The fourth-order valence-electron chi connectivity index (χ4n) is 2.49. The third kappa shape index (κ3) is 2.96. The Morgan fingerprint density at radius 1 is 1.17 bits per heavy atom. The van der Waals surface area contributed by atoms with Crippen molar-refractivity contribution in [2.75, 3.05) is 6.61 Å². The molecule has 0 amide bonds. The number of imidazole rings is 1. The lowest BCUT2D eigenvalue weighted by Gasteiger charge is -2.06. The Balaban J connectivity index is 1.51. The number of nitrogens with one attached hydrogen (secondary N) is 1. The van der Waals surface area contributed by atoms with Crippen LogP contribution in [-0.4, -0.2) is 31.4 Å². The number of halogens is 1. The molecule has 3 heterocycles. The molecule has 1 N–H and O–H groups in total. The average molecular weight is 340 g/mol. The third-order valence-corrected chi connectivity index (χ3v) is 3.90. The van der Waals surface area contributed by atoms with E-state index in [0.29, 0.717) is 12.5 Å². The Kier molecular flexibility index (Phi) is 3.88. The summed E-state index contributed by atoms with van der Waals surface area (Å²) in [4.78, 5) is 4.34. The second kappa shape index (κ2) is 6.33. The number of rotatable bonds is 5. The zero-order valence-electron chi connectivity index (χ0n) is 12.7. The van der Waals surface area contributed by atoms with Crippen LogP contribution in [-0.2, 0) is 6.42 Å². The van der Waals surface area contributed by atoms with Crippen molar-refractivity contribution < 1.29 is 4.74 Å². The van der Waals surface area contributed by atoms with E-state index in [0.717, 1.165) is 33.9 Å². The van der Waals surface area contributed by atoms with E-state index in [1.807, 2.05) is 36.4 Å². The molecule has 7 heteroatoms. The molecule has 24 heavy (non-hydrogen) atoms. The van der Waals surface area contributed by atoms with Gasteiger partial charge in [0.15, 0.2) is 5.65 Å². The number of ether oxygens (including phenoxy) is 1. The minimum atomic E-state index is 0.522. The van der Waals surface area contributed by atoms with Gasteiger partial charge >= 0.3 is 0 Å². The largest absolute Gasteiger partial charge is 0.476 e. The normalized spacial score (nSPS) is 11.0. The molecule has 4 rings (SSSR count). The van der Waals surface area contributed by atoms with Crippen molar-refractivity contribution in [2.24, 2.45) is 0 Å². The molecule has 6 nitrogen and oxygen atoms in total. The zero-order chi connectivity index (χ0) is 16.4. The number of H-pyrrole nitrogens is 1. The van der Waals surface area contributed by atoms with Crippen LogP contribution in [0.2, 0.25) is 5.02 Å². The summed E-state index contributed by atoms with van der Waals surface area (Å²) in [6.07, 6.45) is 6.07. The fraction of sp³-hybridized carbons (Fsp3) is 0.118. The predicted molar refractivity (Wildman–Crippen MR) is 91.2 cm³/mol. The number of aromatic nitrogens is 5. The van der Waals surface area contributed by atoms with E-state index in [9.17, 15) is 0 Å². The van der Waals surface area contributed by atoms with E-state index in [2.05, 4.69) is 20.3 Å². The first-order chi connectivity index (χ1) is 11.8. The van der Waals surface area contributed by atoms with Crippen LogP contribution in [0.15, 0.2) is 55.0 Å². The van der Waals surface area contributed by atoms with Gasteiger partial charge in [-0.05, 0) is 23.8 Å². The van der Waals surface area contributed by atoms with Crippen LogP contribution in [0.3, 0.4) is 0 Å². The van der Waals surface area contributed by atoms with E-state index in [1.54, 1.807) is 23.1 Å². The van der Waals surface area contributed by atoms with E-state index < -0.39 is 0 Å². The molecule has 0 spiro atoms. The summed E-state index contributed by atoms with van der Waals surface area (Å²) in [5.74, 6) is 0.548. The number of hydrogen-bond donors (Lipinski definition) is 1. The summed E-state index contributed by atoms with van der Waals surface area (Å²) in [5.41, 5.74) is 3.67.